The molecule has 4 heterocycles. The maximum atomic E-state index is 5.21. The van der Waals surface area contributed by atoms with Gasteiger partial charge < -0.3 is 0 Å². The van der Waals surface area contributed by atoms with Crippen molar-refractivity contribution in [2.45, 2.75) is 0 Å². The Bertz CT molecular complexity index is 2910. The molecule has 0 unspecified atom stereocenters. The fourth-order valence-electron chi connectivity index (χ4n) is 7.12. The van der Waals surface area contributed by atoms with Gasteiger partial charge in [-0.3, -0.25) is 4.40 Å². The Balaban J connectivity index is 1.05. The molecule has 0 atom stereocenters. The molecule has 0 aliphatic heterocycles. The van der Waals surface area contributed by atoms with Gasteiger partial charge in [-0.1, -0.05) is 133 Å². The minimum absolute atomic E-state index is 0.697. The molecule has 238 valence electrons. The van der Waals surface area contributed by atoms with Crippen LogP contribution in [0.4, 0.5) is 0 Å². The Morgan fingerprint density at radius 1 is 0.353 bits per heavy atom. The Kier molecular flexibility index (Phi) is 6.74. The Labute approximate surface area is 294 Å². The molecular formula is C46H29N5. The lowest BCUT2D eigenvalue weighted by Crippen LogP contribution is -1.95. The predicted molar refractivity (Wildman–Crippen MR) is 208 cm³/mol. The normalized spacial score (nSPS) is 11.5. The molecule has 0 amide bonds. The van der Waals surface area contributed by atoms with Crippen LogP contribution in [0.2, 0.25) is 0 Å². The fourth-order valence-corrected chi connectivity index (χ4v) is 7.12. The lowest BCUT2D eigenvalue weighted by Gasteiger charge is -2.12. The Morgan fingerprint density at radius 2 is 0.941 bits per heavy atom. The zero-order valence-electron chi connectivity index (χ0n) is 27.5. The summed E-state index contributed by atoms with van der Waals surface area (Å²) >= 11 is 0. The molecule has 4 aromatic heterocycles. The number of rotatable bonds is 5. The van der Waals surface area contributed by atoms with Gasteiger partial charge in [-0.2, -0.15) is 0 Å². The Hall–Kier alpha value is -6.98. The summed E-state index contributed by atoms with van der Waals surface area (Å²) in [4.78, 5) is 20.4. The number of hydrogen-bond donors (Lipinski definition) is 0. The standard InChI is InChI=1S/C46H29N5/c1-2-12-30(13-3-1)33-14-10-16-35(28-33)42-37-18-4-7-21-40(37)48-46(50-42)36-17-11-15-34(29-36)31-23-25-32(26-24-31)43-45-44(38-19-5-6-20-39(38)47-43)49-41-22-8-9-27-51(41)45/h1-29H. The van der Waals surface area contributed by atoms with Crippen LogP contribution in [0.15, 0.2) is 176 Å². The van der Waals surface area contributed by atoms with Crippen molar-refractivity contribution in [2.24, 2.45) is 0 Å². The van der Waals surface area contributed by atoms with Crippen LogP contribution in [0.5, 0.6) is 0 Å². The number of hydrogen-bond acceptors (Lipinski definition) is 4. The van der Waals surface area contributed by atoms with Crippen LogP contribution >= 0.6 is 0 Å². The van der Waals surface area contributed by atoms with Crippen LogP contribution in [0.1, 0.15) is 0 Å². The van der Waals surface area contributed by atoms with Crippen molar-refractivity contribution in [1.29, 1.82) is 0 Å². The summed E-state index contributed by atoms with van der Waals surface area (Å²) in [5.41, 5.74) is 14.2. The highest BCUT2D eigenvalue weighted by Crippen LogP contribution is 2.36. The molecule has 0 spiro atoms. The van der Waals surface area contributed by atoms with Gasteiger partial charge in [0.15, 0.2) is 5.82 Å². The summed E-state index contributed by atoms with van der Waals surface area (Å²) in [5, 5.41) is 2.08. The van der Waals surface area contributed by atoms with Gasteiger partial charge in [0.2, 0.25) is 0 Å². The maximum Gasteiger partial charge on any atom is 0.160 e. The first-order valence-corrected chi connectivity index (χ1v) is 17.1. The smallest absolute Gasteiger partial charge is 0.160 e. The lowest BCUT2D eigenvalue weighted by atomic mass is 9.98. The lowest BCUT2D eigenvalue weighted by molar-refractivity contribution is 1.22. The molecular weight excluding hydrogens is 623 g/mol. The highest BCUT2D eigenvalue weighted by molar-refractivity contribution is 6.09. The van der Waals surface area contributed by atoms with E-state index in [0.717, 1.165) is 83.3 Å². The first-order chi connectivity index (χ1) is 25.3. The second-order valence-electron chi connectivity index (χ2n) is 12.7. The van der Waals surface area contributed by atoms with Crippen LogP contribution in [0.3, 0.4) is 0 Å². The zero-order chi connectivity index (χ0) is 33.7. The van der Waals surface area contributed by atoms with Gasteiger partial charge >= 0.3 is 0 Å². The largest absolute Gasteiger partial charge is 0.298 e. The van der Waals surface area contributed by atoms with Gasteiger partial charge in [0.25, 0.3) is 0 Å². The number of aromatic nitrogens is 5. The third-order valence-electron chi connectivity index (χ3n) is 9.60. The predicted octanol–water partition coefficient (Wildman–Crippen LogP) is 11.3. The molecule has 10 aromatic rings. The summed E-state index contributed by atoms with van der Waals surface area (Å²) < 4.78 is 2.14. The first-order valence-electron chi connectivity index (χ1n) is 17.1. The molecule has 5 nitrogen and oxygen atoms in total. The van der Waals surface area contributed by atoms with Gasteiger partial charge in [-0.05, 0) is 58.7 Å². The second-order valence-corrected chi connectivity index (χ2v) is 12.7. The van der Waals surface area contributed by atoms with Gasteiger partial charge in [0, 0.05) is 33.7 Å². The number of fused-ring (bicyclic) bond motifs is 6. The molecule has 10 rings (SSSR count). The van der Waals surface area contributed by atoms with Gasteiger partial charge in [-0.15, -0.1) is 0 Å². The van der Waals surface area contributed by atoms with Crippen LogP contribution in [-0.2, 0) is 0 Å². The third-order valence-corrected chi connectivity index (χ3v) is 9.60. The van der Waals surface area contributed by atoms with Crippen molar-refractivity contribution in [2.75, 3.05) is 0 Å². The summed E-state index contributed by atoms with van der Waals surface area (Å²) in [5.74, 6) is 0.697. The van der Waals surface area contributed by atoms with E-state index in [2.05, 4.69) is 132 Å². The number of imidazole rings is 1. The summed E-state index contributed by atoms with van der Waals surface area (Å²) in [7, 11) is 0. The number of benzene rings is 6. The minimum Gasteiger partial charge on any atom is -0.298 e. The summed E-state index contributed by atoms with van der Waals surface area (Å²) in [6, 6.07) is 58.8. The van der Waals surface area contributed by atoms with Crippen LogP contribution in [-0.4, -0.2) is 24.3 Å². The van der Waals surface area contributed by atoms with E-state index in [1.807, 2.05) is 48.5 Å². The highest BCUT2D eigenvalue weighted by atomic mass is 15.0. The van der Waals surface area contributed by atoms with Crippen LogP contribution in [0, 0.1) is 0 Å². The van der Waals surface area contributed by atoms with E-state index in [0.29, 0.717) is 5.82 Å². The second kappa shape index (κ2) is 11.9. The molecule has 6 aromatic carbocycles. The number of para-hydroxylation sites is 2. The summed E-state index contributed by atoms with van der Waals surface area (Å²) in [6.45, 7) is 0. The van der Waals surface area contributed by atoms with Gasteiger partial charge in [0.05, 0.1) is 27.9 Å². The SMILES string of the molecule is c1ccc(-c2cccc(-c3nc(-c4cccc(-c5ccc(-c6nc7ccccc7c7nc8ccccn8c67)cc5)c4)nc4ccccc34)c2)cc1. The molecule has 5 heteroatoms. The molecule has 0 radical (unpaired) electrons. The van der Waals surface area contributed by atoms with E-state index < -0.39 is 0 Å². The van der Waals surface area contributed by atoms with Crippen molar-refractivity contribution in [1.82, 2.24) is 24.3 Å². The van der Waals surface area contributed by atoms with E-state index >= 15 is 0 Å². The number of nitrogens with zero attached hydrogens (tertiary/aromatic N) is 5. The molecule has 0 N–H and O–H groups in total. The molecule has 0 saturated carbocycles. The molecule has 0 fully saturated rings. The quantitative estimate of drug-likeness (QED) is 0.186. The first kappa shape index (κ1) is 29.0. The highest BCUT2D eigenvalue weighted by Gasteiger charge is 2.17. The minimum atomic E-state index is 0.697. The van der Waals surface area contributed by atoms with E-state index in [9.17, 15) is 0 Å². The van der Waals surface area contributed by atoms with Gasteiger partial charge in [-0.25, -0.2) is 19.9 Å². The van der Waals surface area contributed by atoms with E-state index in [1.54, 1.807) is 0 Å². The zero-order valence-corrected chi connectivity index (χ0v) is 27.5. The molecule has 0 saturated heterocycles. The van der Waals surface area contributed by atoms with Crippen molar-refractivity contribution < 1.29 is 0 Å². The van der Waals surface area contributed by atoms with Crippen LogP contribution < -0.4 is 0 Å². The fraction of sp³-hybridized carbons (Fsp3) is 0. The van der Waals surface area contributed by atoms with Crippen LogP contribution in [0.25, 0.3) is 94.6 Å². The number of pyridine rings is 2. The topological polar surface area (TPSA) is 56.0 Å². The maximum absolute atomic E-state index is 5.21. The van der Waals surface area contributed by atoms with E-state index in [-0.39, 0.29) is 0 Å². The van der Waals surface area contributed by atoms with Crippen molar-refractivity contribution >= 4 is 38.5 Å². The van der Waals surface area contributed by atoms with Crippen molar-refractivity contribution in [3.05, 3.63) is 176 Å². The summed E-state index contributed by atoms with van der Waals surface area (Å²) in [6.07, 6.45) is 2.06. The van der Waals surface area contributed by atoms with E-state index in [4.69, 9.17) is 19.9 Å². The average Bonchev–Trinajstić information content (AvgIpc) is 3.61. The van der Waals surface area contributed by atoms with E-state index in [1.165, 1.54) is 5.56 Å². The molecule has 0 aliphatic carbocycles. The van der Waals surface area contributed by atoms with Crippen molar-refractivity contribution in [3.8, 4) is 56.2 Å². The Morgan fingerprint density at radius 3 is 1.75 bits per heavy atom. The molecule has 51 heavy (non-hydrogen) atoms. The van der Waals surface area contributed by atoms with Crippen molar-refractivity contribution in [3.63, 3.8) is 0 Å². The monoisotopic (exact) mass is 651 g/mol. The third kappa shape index (κ3) is 5.03. The van der Waals surface area contributed by atoms with Gasteiger partial charge in [0.1, 0.15) is 11.2 Å². The molecule has 0 bridgehead atoms. The average molecular weight is 652 g/mol. The molecule has 0 aliphatic rings.